The highest BCUT2D eigenvalue weighted by atomic mass is 16.5. The van der Waals surface area contributed by atoms with E-state index in [0.29, 0.717) is 5.90 Å². The molecule has 68 valence electrons. The summed E-state index contributed by atoms with van der Waals surface area (Å²) in [5.41, 5.74) is 2.08. The summed E-state index contributed by atoms with van der Waals surface area (Å²) < 4.78 is 5.21. The van der Waals surface area contributed by atoms with Gasteiger partial charge in [0.1, 0.15) is 6.61 Å². The summed E-state index contributed by atoms with van der Waals surface area (Å²) in [6, 6.07) is 7.86. The number of rotatable bonds is 1. The molecule has 1 aromatic carbocycles. The van der Waals surface area contributed by atoms with Crippen molar-refractivity contribution in [3.05, 3.63) is 35.4 Å². The van der Waals surface area contributed by atoms with Crippen molar-refractivity contribution >= 4 is 5.90 Å². The Morgan fingerprint density at radius 2 is 2.38 bits per heavy atom. The lowest BCUT2D eigenvalue weighted by atomic mass is 10.1. The van der Waals surface area contributed by atoms with Gasteiger partial charge in [-0.2, -0.15) is 0 Å². The smallest absolute Gasteiger partial charge is 0.218 e. The van der Waals surface area contributed by atoms with Crippen molar-refractivity contribution in [1.29, 1.82) is 0 Å². The lowest BCUT2D eigenvalue weighted by Crippen LogP contribution is -2.03. The third-order valence-corrected chi connectivity index (χ3v) is 1.90. The molecular weight excluding hydrogens is 166 g/mol. The first-order valence-electron chi connectivity index (χ1n) is 4.21. The maximum absolute atomic E-state index is 9.12. The second-order valence-corrected chi connectivity index (χ2v) is 3.10. The van der Waals surface area contributed by atoms with Crippen LogP contribution in [0.15, 0.2) is 29.3 Å². The first-order chi connectivity index (χ1) is 6.25. The summed E-state index contributed by atoms with van der Waals surface area (Å²) in [5.74, 6) is 0.538. The Balaban J connectivity index is 2.31. The molecular formula is C10H11NO2. The molecule has 0 bridgehead atoms. The molecule has 3 nitrogen and oxygen atoms in total. The monoisotopic (exact) mass is 177 g/mol. The Kier molecular flexibility index (Phi) is 2.02. The molecule has 0 aliphatic carbocycles. The summed E-state index contributed by atoms with van der Waals surface area (Å²) in [7, 11) is 0. The number of benzene rings is 1. The van der Waals surface area contributed by atoms with Gasteiger partial charge in [0.05, 0.1) is 0 Å². The van der Waals surface area contributed by atoms with E-state index < -0.39 is 6.23 Å². The van der Waals surface area contributed by atoms with Crippen molar-refractivity contribution in [2.45, 2.75) is 13.2 Å². The van der Waals surface area contributed by atoms with Crippen LogP contribution in [-0.4, -0.2) is 23.8 Å². The molecule has 13 heavy (non-hydrogen) atoms. The molecule has 1 aliphatic heterocycles. The van der Waals surface area contributed by atoms with Gasteiger partial charge >= 0.3 is 0 Å². The van der Waals surface area contributed by atoms with Gasteiger partial charge in [-0.15, -0.1) is 0 Å². The van der Waals surface area contributed by atoms with E-state index in [1.165, 1.54) is 0 Å². The number of hydrogen-bond donors (Lipinski definition) is 1. The van der Waals surface area contributed by atoms with Gasteiger partial charge < -0.3 is 9.84 Å². The lowest BCUT2D eigenvalue weighted by molar-refractivity contribution is 0.139. The number of aryl methyl sites for hydroxylation is 1. The van der Waals surface area contributed by atoms with Gasteiger partial charge in [0, 0.05) is 5.56 Å². The fourth-order valence-electron chi connectivity index (χ4n) is 1.30. The van der Waals surface area contributed by atoms with Gasteiger partial charge in [-0.25, -0.2) is 4.99 Å². The number of aliphatic hydroxyl groups is 1. The fourth-order valence-corrected chi connectivity index (χ4v) is 1.30. The van der Waals surface area contributed by atoms with Gasteiger partial charge in [0.25, 0.3) is 0 Å². The lowest BCUT2D eigenvalue weighted by Gasteiger charge is -2.01. The first-order valence-corrected chi connectivity index (χ1v) is 4.21. The molecule has 1 unspecified atom stereocenters. The summed E-state index contributed by atoms with van der Waals surface area (Å²) in [6.45, 7) is 2.28. The van der Waals surface area contributed by atoms with Crippen molar-refractivity contribution in [3.8, 4) is 0 Å². The van der Waals surface area contributed by atoms with E-state index >= 15 is 0 Å². The van der Waals surface area contributed by atoms with Gasteiger partial charge in [-0.05, 0) is 19.1 Å². The van der Waals surface area contributed by atoms with Crippen LogP contribution in [0.3, 0.4) is 0 Å². The maximum atomic E-state index is 9.12. The summed E-state index contributed by atoms with van der Waals surface area (Å²) in [6.07, 6.45) is -0.699. The van der Waals surface area contributed by atoms with E-state index in [-0.39, 0.29) is 6.61 Å². The first kappa shape index (κ1) is 8.26. The minimum Gasteiger partial charge on any atom is -0.473 e. The Hall–Kier alpha value is -1.35. The Labute approximate surface area is 76.7 Å². The molecule has 0 spiro atoms. The zero-order valence-corrected chi connectivity index (χ0v) is 7.40. The van der Waals surface area contributed by atoms with Crippen molar-refractivity contribution in [2.75, 3.05) is 6.61 Å². The zero-order chi connectivity index (χ0) is 9.26. The molecule has 0 radical (unpaired) electrons. The average molecular weight is 177 g/mol. The number of aliphatic imine (C=N–C) groups is 1. The van der Waals surface area contributed by atoms with Crippen molar-refractivity contribution in [3.63, 3.8) is 0 Å². The second-order valence-electron chi connectivity index (χ2n) is 3.10. The quantitative estimate of drug-likeness (QED) is 0.697. The highest BCUT2D eigenvalue weighted by Crippen LogP contribution is 2.11. The van der Waals surface area contributed by atoms with E-state index in [2.05, 4.69) is 4.99 Å². The van der Waals surface area contributed by atoms with Gasteiger partial charge in [-0.1, -0.05) is 17.7 Å². The molecule has 0 aromatic heterocycles. The van der Waals surface area contributed by atoms with Crippen molar-refractivity contribution in [2.24, 2.45) is 4.99 Å². The number of aliphatic hydroxyl groups excluding tert-OH is 1. The molecule has 0 fully saturated rings. The minimum absolute atomic E-state index is 0.267. The Morgan fingerprint density at radius 1 is 1.54 bits per heavy atom. The van der Waals surface area contributed by atoms with Gasteiger partial charge in [0.15, 0.2) is 6.23 Å². The number of nitrogens with zero attached hydrogens (tertiary/aromatic N) is 1. The molecule has 3 heteroatoms. The van der Waals surface area contributed by atoms with Crippen LogP contribution in [0.2, 0.25) is 0 Å². The third-order valence-electron chi connectivity index (χ3n) is 1.90. The van der Waals surface area contributed by atoms with Crippen LogP contribution in [0.1, 0.15) is 11.1 Å². The average Bonchev–Trinajstić information content (AvgIpc) is 2.52. The Morgan fingerprint density at radius 3 is 3.00 bits per heavy atom. The predicted octanol–water partition coefficient (Wildman–Crippen LogP) is 1.09. The molecule has 1 heterocycles. The highest BCUT2D eigenvalue weighted by Gasteiger charge is 2.16. The van der Waals surface area contributed by atoms with E-state index in [1.54, 1.807) is 0 Å². The maximum Gasteiger partial charge on any atom is 0.218 e. The molecule has 0 saturated carbocycles. The fraction of sp³-hybridized carbons (Fsp3) is 0.300. The minimum atomic E-state index is -0.699. The molecule has 1 aliphatic rings. The van der Waals surface area contributed by atoms with Crippen LogP contribution in [0.25, 0.3) is 0 Å². The van der Waals surface area contributed by atoms with E-state index in [9.17, 15) is 0 Å². The molecule has 1 atom stereocenters. The molecule has 0 amide bonds. The van der Waals surface area contributed by atoms with Crippen LogP contribution in [0.4, 0.5) is 0 Å². The topological polar surface area (TPSA) is 41.8 Å². The highest BCUT2D eigenvalue weighted by molar-refractivity contribution is 5.95. The normalized spacial score (nSPS) is 21.1. The van der Waals surface area contributed by atoms with Crippen molar-refractivity contribution < 1.29 is 9.84 Å². The standard InChI is InChI=1S/C10H11NO2/c1-7-3-2-4-8(5-7)10-11-9(12)6-13-10/h2-5,9,12H,6H2,1H3. The number of hydrogen-bond acceptors (Lipinski definition) is 3. The van der Waals surface area contributed by atoms with Gasteiger partial charge in [-0.3, -0.25) is 0 Å². The Bertz CT molecular complexity index is 347. The molecule has 1 N–H and O–H groups in total. The summed E-state index contributed by atoms with van der Waals surface area (Å²) in [5, 5.41) is 9.12. The van der Waals surface area contributed by atoms with Crippen LogP contribution >= 0.6 is 0 Å². The summed E-state index contributed by atoms with van der Waals surface area (Å²) in [4.78, 5) is 3.95. The van der Waals surface area contributed by atoms with Crippen molar-refractivity contribution in [1.82, 2.24) is 0 Å². The van der Waals surface area contributed by atoms with Crippen LogP contribution < -0.4 is 0 Å². The second kappa shape index (κ2) is 3.18. The predicted molar refractivity (Wildman–Crippen MR) is 49.7 cm³/mol. The molecule has 1 aromatic rings. The van der Waals surface area contributed by atoms with Crippen LogP contribution in [-0.2, 0) is 4.74 Å². The molecule has 0 saturated heterocycles. The number of ether oxygens (including phenoxy) is 1. The SMILES string of the molecule is Cc1cccc(C2=NC(O)CO2)c1. The molecule has 2 rings (SSSR count). The van der Waals surface area contributed by atoms with Crippen LogP contribution in [0.5, 0.6) is 0 Å². The van der Waals surface area contributed by atoms with Gasteiger partial charge in [0.2, 0.25) is 5.90 Å². The third kappa shape index (κ3) is 1.70. The van der Waals surface area contributed by atoms with Crippen LogP contribution in [0, 0.1) is 6.92 Å². The largest absolute Gasteiger partial charge is 0.473 e. The zero-order valence-electron chi connectivity index (χ0n) is 7.40. The summed E-state index contributed by atoms with van der Waals surface area (Å²) >= 11 is 0. The van der Waals surface area contributed by atoms with E-state index in [4.69, 9.17) is 9.84 Å². The van der Waals surface area contributed by atoms with E-state index in [0.717, 1.165) is 11.1 Å². The van der Waals surface area contributed by atoms with E-state index in [1.807, 2.05) is 31.2 Å².